The van der Waals surface area contributed by atoms with Gasteiger partial charge in [-0.3, -0.25) is 4.90 Å². The summed E-state index contributed by atoms with van der Waals surface area (Å²) >= 11 is 0. The summed E-state index contributed by atoms with van der Waals surface area (Å²) in [5, 5.41) is 4.36. The second-order valence-electron chi connectivity index (χ2n) is 6.86. The summed E-state index contributed by atoms with van der Waals surface area (Å²) in [5.74, 6) is -0.185. The fraction of sp³-hybridized carbons (Fsp3) is 0.350. The largest absolute Gasteiger partial charge is 0.387 e. The minimum atomic E-state index is -0.185. The van der Waals surface area contributed by atoms with Gasteiger partial charge in [0.05, 0.1) is 5.71 Å². The smallest absolute Gasteiger partial charge is 0.156 e. The van der Waals surface area contributed by atoms with E-state index < -0.39 is 0 Å². The molecular formula is C20H21FN2O. The van der Waals surface area contributed by atoms with Crippen LogP contribution in [0.4, 0.5) is 4.39 Å². The number of hydrogen-bond acceptors (Lipinski definition) is 3. The fourth-order valence-electron chi connectivity index (χ4n) is 3.65. The number of rotatable bonds is 4. The van der Waals surface area contributed by atoms with E-state index in [0.717, 1.165) is 50.2 Å². The molecule has 2 aromatic rings. The summed E-state index contributed by atoms with van der Waals surface area (Å²) in [6.45, 7) is 2.71. The summed E-state index contributed by atoms with van der Waals surface area (Å²) < 4.78 is 13.0. The van der Waals surface area contributed by atoms with Crippen LogP contribution in [-0.2, 0) is 17.8 Å². The Labute approximate surface area is 141 Å². The van der Waals surface area contributed by atoms with Gasteiger partial charge in [-0.05, 0) is 23.3 Å². The molecular weight excluding hydrogens is 303 g/mol. The molecule has 2 aliphatic heterocycles. The highest BCUT2D eigenvalue weighted by Gasteiger charge is 2.44. The zero-order valence-electron chi connectivity index (χ0n) is 13.6. The molecule has 0 radical (unpaired) electrons. The topological polar surface area (TPSA) is 24.8 Å². The van der Waals surface area contributed by atoms with Gasteiger partial charge in [0, 0.05) is 38.9 Å². The van der Waals surface area contributed by atoms with Crippen molar-refractivity contribution < 1.29 is 9.23 Å². The van der Waals surface area contributed by atoms with Crippen LogP contribution in [0, 0.1) is 5.82 Å². The molecule has 1 spiro atoms. The van der Waals surface area contributed by atoms with E-state index in [0.29, 0.717) is 0 Å². The van der Waals surface area contributed by atoms with Crippen molar-refractivity contribution in [3.05, 3.63) is 71.5 Å². The van der Waals surface area contributed by atoms with Crippen LogP contribution in [0.3, 0.4) is 0 Å². The molecule has 0 bridgehead atoms. The lowest BCUT2D eigenvalue weighted by Crippen LogP contribution is -2.33. The Bertz CT molecular complexity index is 729. The number of halogens is 1. The van der Waals surface area contributed by atoms with Gasteiger partial charge in [0.25, 0.3) is 0 Å². The molecule has 0 aliphatic carbocycles. The monoisotopic (exact) mass is 324 g/mol. The van der Waals surface area contributed by atoms with E-state index in [2.05, 4.69) is 34.3 Å². The van der Waals surface area contributed by atoms with Crippen LogP contribution < -0.4 is 0 Å². The third-order valence-electron chi connectivity index (χ3n) is 4.86. The van der Waals surface area contributed by atoms with Crippen molar-refractivity contribution in [1.82, 2.24) is 4.90 Å². The van der Waals surface area contributed by atoms with E-state index in [1.54, 1.807) is 0 Å². The molecule has 2 aromatic carbocycles. The average molecular weight is 324 g/mol. The first-order valence-corrected chi connectivity index (χ1v) is 8.45. The Morgan fingerprint density at radius 2 is 1.83 bits per heavy atom. The molecule has 0 saturated carbocycles. The second kappa shape index (κ2) is 6.36. The van der Waals surface area contributed by atoms with Gasteiger partial charge >= 0.3 is 0 Å². The molecule has 124 valence electrons. The Kier molecular flexibility index (Phi) is 4.07. The third-order valence-corrected chi connectivity index (χ3v) is 4.86. The molecule has 0 amide bonds. The van der Waals surface area contributed by atoms with Gasteiger partial charge < -0.3 is 4.84 Å². The lowest BCUT2D eigenvalue weighted by atomic mass is 9.94. The summed E-state index contributed by atoms with van der Waals surface area (Å²) in [5.41, 5.74) is 3.38. The lowest BCUT2D eigenvalue weighted by Gasteiger charge is -2.21. The summed E-state index contributed by atoms with van der Waals surface area (Å²) in [7, 11) is 0. The van der Waals surface area contributed by atoms with Crippen LogP contribution in [-0.4, -0.2) is 29.3 Å². The van der Waals surface area contributed by atoms with Crippen LogP contribution in [0.25, 0.3) is 0 Å². The van der Waals surface area contributed by atoms with Crippen LogP contribution in [0.1, 0.15) is 24.0 Å². The van der Waals surface area contributed by atoms with Crippen molar-refractivity contribution in [3.8, 4) is 0 Å². The van der Waals surface area contributed by atoms with Crippen LogP contribution in [0.15, 0.2) is 59.8 Å². The number of nitrogens with zero attached hydrogens (tertiary/aromatic N) is 2. The first-order valence-electron chi connectivity index (χ1n) is 8.45. The van der Waals surface area contributed by atoms with Crippen molar-refractivity contribution in [2.45, 2.75) is 31.4 Å². The Morgan fingerprint density at radius 1 is 1.04 bits per heavy atom. The maximum absolute atomic E-state index is 13.0. The molecule has 1 atom stereocenters. The highest BCUT2D eigenvalue weighted by atomic mass is 19.1. The average Bonchev–Trinajstić information content (AvgIpc) is 3.17. The number of hydrogen-bond donors (Lipinski definition) is 0. The molecule has 0 N–H and O–H groups in total. The molecule has 0 aromatic heterocycles. The highest BCUT2D eigenvalue weighted by molar-refractivity contribution is 5.88. The van der Waals surface area contributed by atoms with Crippen LogP contribution in [0.2, 0.25) is 0 Å². The number of benzene rings is 2. The van der Waals surface area contributed by atoms with E-state index in [-0.39, 0.29) is 11.4 Å². The highest BCUT2D eigenvalue weighted by Crippen LogP contribution is 2.35. The van der Waals surface area contributed by atoms with Gasteiger partial charge in [0.2, 0.25) is 0 Å². The predicted molar refractivity (Wildman–Crippen MR) is 92.3 cm³/mol. The Balaban J connectivity index is 1.34. The van der Waals surface area contributed by atoms with Gasteiger partial charge in [0.1, 0.15) is 5.82 Å². The zero-order chi connectivity index (χ0) is 16.4. The predicted octanol–water partition coefficient (Wildman–Crippen LogP) is 3.79. The van der Waals surface area contributed by atoms with Crippen molar-refractivity contribution in [1.29, 1.82) is 0 Å². The SMILES string of the molecule is Fc1ccc(CN2CCC3(CC(Cc4ccccc4)=NO3)C2)cc1. The van der Waals surface area contributed by atoms with Crippen molar-refractivity contribution in [3.63, 3.8) is 0 Å². The molecule has 4 heteroatoms. The van der Waals surface area contributed by atoms with Crippen molar-refractivity contribution >= 4 is 5.71 Å². The fourth-order valence-corrected chi connectivity index (χ4v) is 3.65. The second-order valence-corrected chi connectivity index (χ2v) is 6.86. The summed E-state index contributed by atoms with van der Waals surface area (Å²) in [4.78, 5) is 8.23. The maximum atomic E-state index is 13.0. The van der Waals surface area contributed by atoms with Gasteiger partial charge in [-0.15, -0.1) is 0 Å². The molecule has 1 fully saturated rings. The number of oxime groups is 1. The molecule has 2 aliphatic rings. The normalized spacial score (nSPS) is 23.5. The quantitative estimate of drug-likeness (QED) is 0.855. The Hall–Kier alpha value is -2.20. The van der Waals surface area contributed by atoms with E-state index in [4.69, 9.17) is 4.84 Å². The lowest BCUT2D eigenvalue weighted by molar-refractivity contribution is -0.0104. The van der Waals surface area contributed by atoms with Gasteiger partial charge in [-0.1, -0.05) is 47.6 Å². The first-order chi connectivity index (χ1) is 11.7. The molecule has 1 unspecified atom stereocenters. The van der Waals surface area contributed by atoms with E-state index in [1.807, 2.05) is 18.2 Å². The zero-order valence-corrected chi connectivity index (χ0v) is 13.6. The van der Waals surface area contributed by atoms with E-state index in [1.165, 1.54) is 17.7 Å². The first kappa shape index (κ1) is 15.3. The van der Waals surface area contributed by atoms with Crippen molar-refractivity contribution in [2.75, 3.05) is 13.1 Å². The van der Waals surface area contributed by atoms with E-state index in [9.17, 15) is 4.39 Å². The van der Waals surface area contributed by atoms with Gasteiger partial charge in [-0.2, -0.15) is 0 Å². The molecule has 4 rings (SSSR count). The summed E-state index contributed by atoms with van der Waals surface area (Å²) in [6, 6.07) is 17.2. The van der Waals surface area contributed by atoms with Gasteiger partial charge in [0.15, 0.2) is 5.60 Å². The maximum Gasteiger partial charge on any atom is 0.156 e. The van der Waals surface area contributed by atoms with E-state index >= 15 is 0 Å². The van der Waals surface area contributed by atoms with Gasteiger partial charge in [-0.25, -0.2) is 4.39 Å². The molecule has 1 saturated heterocycles. The minimum absolute atomic E-state index is 0.163. The third kappa shape index (κ3) is 3.34. The summed E-state index contributed by atoms with van der Waals surface area (Å²) in [6.07, 6.45) is 2.76. The molecule has 24 heavy (non-hydrogen) atoms. The minimum Gasteiger partial charge on any atom is -0.387 e. The van der Waals surface area contributed by atoms with Crippen molar-refractivity contribution in [2.24, 2.45) is 5.16 Å². The molecule has 2 heterocycles. The Morgan fingerprint density at radius 3 is 2.62 bits per heavy atom. The van der Waals surface area contributed by atoms with Crippen LogP contribution >= 0.6 is 0 Å². The number of likely N-dealkylation sites (tertiary alicyclic amines) is 1. The van der Waals surface area contributed by atoms with Crippen LogP contribution in [0.5, 0.6) is 0 Å². The molecule has 3 nitrogen and oxygen atoms in total. The standard InChI is InChI=1S/C20H21FN2O/c21-18-8-6-17(7-9-18)14-23-11-10-20(15-23)13-19(22-24-20)12-16-4-2-1-3-5-16/h1-9H,10-15H2.